The number of amides is 1. The second kappa shape index (κ2) is 7.05. The van der Waals surface area contributed by atoms with Gasteiger partial charge in [-0.1, -0.05) is 12.1 Å². The van der Waals surface area contributed by atoms with Gasteiger partial charge in [-0.05, 0) is 23.3 Å². The number of aliphatic hydroxyl groups excluding tert-OH is 1. The second-order valence-corrected chi connectivity index (χ2v) is 6.32. The minimum Gasteiger partial charge on any atom is -0.497 e. The molecule has 1 amide bonds. The van der Waals surface area contributed by atoms with E-state index < -0.39 is 0 Å². The molecule has 0 aliphatic carbocycles. The number of aromatic nitrogens is 2. The van der Waals surface area contributed by atoms with E-state index in [-0.39, 0.29) is 24.3 Å². The SMILES string of the molecule is COc1cccc(CC(=O)N2C[C@@H](CO)[C@H](c3cnn(C)c3)C2)c1. The Hall–Kier alpha value is -2.34. The van der Waals surface area contributed by atoms with E-state index in [1.54, 1.807) is 11.8 Å². The van der Waals surface area contributed by atoms with Crippen LogP contribution in [0.2, 0.25) is 0 Å². The number of methoxy groups -OCH3 is 1. The second-order valence-electron chi connectivity index (χ2n) is 6.32. The number of carbonyl (C=O) groups excluding carboxylic acids is 1. The topological polar surface area (TPSA) is 67.6 Å². The maximum absolute atomic E-state index is 12.6. The molecule has 1 fully saturated rings. The van der Waals surface area contributed by atoms with Gasteiger partial charge in [0.05, 0.1) is 19.7 Å². The molecule has 3 rings (SSSR count). The highest BCUT2D eigenvalue weighted by atomic mass is 16.5. The molecule has 1 aliphatic rings. The molecule has 2 atom stereocenters. The predicted octanol–water partition coefficient (Wildman–Crippen LogP) is 1.21. The van der Waals surface area contributed by atoms with Crippen LogP contribution in [0.4, 0.5) is 0 Å². The Kier molecular flexibility index (Phi) is 4.85. The molecule has 6 nitrogen and oxygen atoms in total. The molecular weight excluding hydrogens is 306 g/mol. The van der Waals surface area contributed by atoms with Gasteiger partial charge in [0.2, 0.25) is 5.91 Å². The van der Waals surface area contributed by atoms with Crippen molar-refractivity contribution in [1.82, 2.24) is 14.7 Å². The van der Waals surface area contributed by atoms with E-state index in [2.05, 4.69) is 5.10 Å². The maximum Gasteiger partial charge on any atom is 0.227 e. The molecule has 0 unspecified atom stereocenters. The fourth-order valence-electron chi connectivity index (χ4n) is 3.34. The van der Waals surface area contributed by atoms with Crippen LogP contribution in [0.1, 0.15) is 17.0 Å². The minimum atomic E-state index is 0.0588. The van der Waals surface area contributed by atoms with Gasteiger partial charge in [-0.3, -0.25) is 9.48 Å². The first-order chi connectivity index (χ1) is 11.6. The van der Waals surface area contributed by atoms with E-state index in [1.165, 1.54) is 0 Å². The molecule has 0 radical (unpaired) electrons. The molecule has 1 aliphatic heterocycles. The number of hydrogen-bond donors (Lipinski definition) is 1. The van der Waals surface area contributed by atoms with Crippen molar-refractivity contribution in [2.24, 2.45) is 13.0 Å². The third-order valence-electron chi connectivity index (χ3n) is 4.67. The smallest absolute Gasteiger partial charge is 0.227 e. The molecule has 1 saturated heterocycles. The summed E-state index contributed by atoms with van der Waals surface area (Å²) in [7, 11) is 3.49. The van der Waals surface area contributed by atoms with Gasteiger partial charge in [0.15, 0.2) is 0 Å². The zero-order chi connectivity index (χ0) is 17.1. The van der Waals surface area contributed by atoms with Gasteiger partial charge in [0.25, 0.3) is 0 Å². The van der Waals surface area contributed by atoms with Gasteiger partial charge >= 0.3 is 0 Å². The summed E-state index contributed by atoms with van der Waals surface area (Å²) in [6, 6.07) is 7.57. The summed E-state index contributed by atoms with van der Waals surface area (Å²) in [5.41, 5.74) is 2.01. The highest BCUT2D eigenvalue weighted by molar-refractivity contribution is 5.79. The van der Waals surface area contributed by atoms with Gasteiger partial charge in [-0.25, -0.2) is 0 Å². The van der Waals surface area contributed by atoms with Crippen LogP contribution < -0.4 is 4.74 Å². The van der Waals surface area contributed by atoms with Crippen LogP contribution in [-0.4, -0.2) is 52.5 Å². The lowest BCUT2D eigenvalue weighted by molar-refractivity contribution is -0.129. The number of hydrogen-bond acceptors (Lipinski definition) is 4. The van der Waals surface area contributed by atoms with Crippen LogP contribution in [0.25, 0.3) is 0 Å². The van der Waals surface area contributed by atoms with E-state index in [1.807, 2.05) is 48.6 Å². The van der Waals surface area contributed by atoms with Crippen molar-refractivity contribution >= 4 is 5.91 Å². The zero-order valence-electron chi connectivity index (χ0n) is 14.1. The van der Waals surface area contributed by atoms with Crippen molar-refractivity contribution < 1.29 is 14.6 Å². The Morgan fingerprint density at radius 2 is 2.25 bits per heavy atom. The van der Waals surface area contributed by atoms with E-state index in [0.717, 1.165) is 16.9 Å². The summed E-state index contributed by atoms with van der Waals surface area (Å²) in [6.45, 7) is 1.28. The van der Waals surface area contributed by atoms with Gasteiger partial charge in [-0.15, -0.1) is 0 Å². The molecule has 1 aromatic carbocycles. The Morgan fingerprint density at radius 1 is 1.42 bits per heavy atom. The molecule has 0 spiro atoms. The van der Waals surface area contributed by atoms with Crippen LogP contribution in [0, 0.1) is 5.92 Å². The van der Waals surface area contributed by atoms with E-state index in [9.17, 15) is 9.90 Å². The third kappa shape index (κ3) is 3.43. The Bertz CT molecular complexity index is 713. The molecule has 2 aromatic rings. The molecule has 0 bridgehead atoms. The first kappa shape index (κ1) is 16.5. The number of ether oxygens (including phenoxy) is 1. The van der Waals surface area contributed by atoms with Gasteiger partial charge in [0, 0.05) is 44.8 Å². The van der Waals surface area contributed by atoms with Crippen LogP contribution in [0.15, 0.2) is 36.7 Å². The molecule has 1 aromatic heterocycles. The van der Waals surface area contributed by atoms with E-state index >= 15 is 0 Å². The summed E-state index contributed by atoms with van der Waals surface area (Å²) in [5.74, 6) is 1.03. The molecular formula is C18H23N3O3. The Morgan fingerprint density at radius 3 is 2.92 bits per heavy atom. The van der Waals surface area contributed by atoms with Crippen molar-refractivity contribution in [2.45, 2.75) is 12.3 Å². The summed E-state index contributed by atoms with van der Waals surface area (Å²) >= 11 is 0. The lowest BCUT2D eigenvalue weighted by atomic mass is 9.92. The highest BCUT2D eigenvalue weighted by Crippen LogP contribution is 2.32. The molecule has 24 heavy (non-hydrogen) atoms. The predicted molar refractivity (Wildman–Crippen MR) is 89.8 cm³/mol. The molecule has 1 N–H and O–H groups in total. The van der Waals surface area contributed by atoms with Crippen LogP contribution >= 0.6 is 0 Å². The summed E-state index contributed by atoms with van der Waals surface area (Å²) in [6.07, 6.45) is 4.13. The van der Waals surface area contributed by atoms with E-state index in [4.69, 9.17) is 4.74 Å². The van der Waals surface area contributed by atoms with Crippen molar-refractivity contribution in [3.8, 4) is 5.75 Å². The number of aliphatic hydroxyl groups is 1. The van der Waals surface area contributed by atoms with Gasteiger partial charge in [-0.2, -0.15) is 5.10 Å². The van der Waals surface area contributed by atoms with Gasteiger partial charge < -0.3 is 14.7 Å². The van der Waals surface area contributed by atoms with E-state index in [0.29, 0.717) is 19.5 Å². The number of rotatable bonds is 5. The number of nitrogens with zero attached hydrogens (tertiary/aromatic N) is 3. The lowest BCUT2D eigenvalue weighted by Crippen LogP contribution is -2.30. The van der Waals surface area contributed by atoms with Crippen LogP contribution in [0.5, 0.6) is 5.75 Å². The first-order valence-electron chi connectivity index (χ1n) is 8.10. The minimum absolute atomic E-state index is 0.0588. The number of carbonyl (C=O) groups is 1. The average molecular weight is 329 g/mol. The molecule has 0 saturated carbocycles. The fraction of sp³-hybridized carbons (Fsp3) is 0.444. The largest absolute Gasteiger partial charge is 0.497 e. The first-order valence-corrected chi connectivity index (χ1v) is 8.10. The number of likely N-dealkylation sites (tertiary alicyclic amines) is 1. The molecule has 6 heteroatoms. The lowest BCUT2D eigenvalue weighted by Gasteiger charge is -2.16. The summed E-state index contributed by atoms with van der Waals surface area (Å²) in [4.78, 5) is 14.5. The normalized spacial score (nSPS) is 20.4. The highest BCUT2D eigenvalue weighted by Gasteiger charge is 2.36. The third-order valence-corrected chi connectivity index (χ3v) is 4.67. The summed E-state index contributed by atoms with van der Waals surface area (Å²) in [5, 5.41) is 13.9. The van der Waals surface area contributed by atoms with Crippen molar-refractivity contribution in [3.63, 3.8) is 0 Å². The average Bonchev–Trinajstić information content (AvgIpc) is 3.20. The quantitative estimate of drug-likeness (QED) is 0.895. The van der Waals surface area contributed by atoms with Crippen LogP contribution in [0.3, 0.4) is 0 Å². The van der Waals surface area contributed by atoms with Crippen molar-refractivity contribution in [1.29, 1.82) is 0 Å². The van der Waals surface area contributed by atoms with Crippen molar-refractivity contribution in [2.75, 3.05) is 26.8 Å². The van der Waals surface area contributed by atoms with Crippen LogP contribution in [-0.2, 0) is 18.3 Å². The zero-order valence-corrected chi connectivity index (χ0v) is 14.1. The summed E-state index contributed by atoms with van der Waals surface area (Å²) < 4.78 is 6.96. The standard InChI is InChI=1S/C18H23N3O3/c1-20-9-14(8-19-20)17-11-21(10-15(17)12-22)18(23)7-13-4-3-5-16(6-13)24-2/h3-6,8-9,15,17,22H,7,10-12H2,1-2H3/t15-,17-/m0/s1. The molecule has 128 valence electrons. The number of aryl methyl sites for hydroxylation is 1. The van der Waals surface area contributed by atoms with Gasteiger partial charge in [0.1, 0.15) is 5.75 Å². The maximum atomic E-state index is 12.6. The Balaban J connectivity index is 1.69. The number of benzene rings is 1. The monoisotopic (exact) mass is 329 g/mol. The Labute approximate surface area is 141 Å². The fourth-order valence-corrected chi connectivity index (χ4v) is 3.34. The van der Waals surface area contributed by atoms with Crippen molar-refractivity contribution in [3.05, 3.63) is 47.8 Å². The molecule has 2 heterocycles.